The predicted octanol–water partition coefficient (Wildman–Crippen LogP) is 4.08. The molecule has 0 unspecified atom stereocenters. The lowest BCUT2D eigenvalue weighted by atomic mass is 10.2. The fourth-order valence-corrected chi connectivity index (χ4v) is 3.97. The summed E-state index contributed by atoms with van der Waals surface area (Å²) in [7, 11) is 0. The van der Waals surface area contributed by atoms with Crippen molar-refractivity contribution in [3.05, 3.63) is 71.2 Å². The van der Waals surface area contributed by atoms with Crippen LogP contribution in [-0.2, 0) is 16.3 Å². The minimum Gasteiger partial charge on any atom is -0.484 e. The fraction of sp³-hybridized carbons (Fsp3) is 0.200. The van der Waals surface area contributed by atoms with Gasteiger partial charge < -0.3 is 10.1 Å². The van der Waals surface area contributed by atoms with Crippen LogP contribution in [0.2, 0.25) is 0 Å². The van der Waals surface area contributed by atoms with Crippen molar-refractivity contribution in [2.75, 3.05) is 11.9 Å². The lowest BCUT2D eigenvalue weighted by molar-refractivity contribution is -0.118. The van der Waals surface area contributed by atoms with Crippen LogP contribution < -0.4 is 10.1 Å². The number of rotatable bonds is 5. The third kappa shape index (κ3) is 3.83. The van der Waals surface area contributed by atoms with Crippen LogP contribution in [0, 0.1) is 12.7 Å². The van der Waals surface area contributed by atoms with Gasteiger partial charge in [-0.15, -0.1) is 0 Å². The van der Waals surface area contributed by atoms with Crippen LogP contribution in [0.1, 0.15) is 16.8 Å². The number of hydrogen-bond donors (Lipinski definition) is 1. The molecule has 0 saturated carbocycles. The summed E-state index contributed by atoms with van der Waals surface area (Å²) in [6.07, 6.45) is 0. The number of thioether (sulfide) groups is 1. The number of fused-ring (bicyclic) bond motifs is 1. The van der Waals surface area contributed by atoms with E-state index >= 15 is 0 Å². The Morgan fingerprint density at radius 2 is 2.07 bits per heavy atom. The van der Waals surface area contributed by atoms with E-state index in [-0.39, 0.29) is 18.3 Å². The summed E-state index contributed by atoms with van der Waals surface area (Å²) in [6, 6.07) is 13.6. The molecule has 0 atom stereocenters. The molecule has 5 nitrogen and oxygen atoms in total. The Morgan fingerprint density at radius 3 is 2.85 bits per heavy atom. The zero-order valence-electron chi connectivity index (χ0n) is 14.7. The molecule has 0 bridgehead atoms. The number of amides is 1. The second-order valence-corrected chi connectivity index (χ2v) is 7.29. The first-order chi connectivity index (χ1) is 13.1. The van der Waals surface area contributed by atoms with Crippen LogP contribution in [0.4, 0.5) is 10.2 Å². The van der Waals surface area contributed by atoms with Gasteiger partial charge in [-0.3, -0.25) is 4.79 Å². The van der Waals surface area contributed by atoms with Crippen molar-refractivity contribution in [1.29, 1.82) is 0 Å². The molecule has 1 aliphatic heterocycles. The summed E-state index contributed by atoms with van der Waals surface area (Å²) >= 11 is 1.78. The van der Waals surface area contributed by atoms with Crippen LogP contribution in [0.25, 0.3) is 5.69 Å². The second-order valence-electron chi connectivity index (χ2n) is 6.31. The van der Waals surface area contributed by atoms with Gasteiger partial charge in [0.1, 0.15) is 17.4 Å². The average Bonchev–Trinajstić information content (AvgIpc) is 3.24. The fourth-order valence-electron chi connectivity index (χ4n) is 2.94. The van der Waals surface area contributed by atoms with Crippen LogP contribution in [-0.4, -0.2) is 22.3 Å². The van der Waals surface area contributed by atoms with Gasteiger partial charge in [0.2, 0.25) is 0 Å². The Balaban J connectivity index is 1.54. The highest BCUT2D eigenvalue weighted by Crippen LogP contribution is 2.36. The second kappa shape index (κ2) is 7.44. The molecule has 7 heteroatoms. The Labute approximate surface area is 160 Å². The van der Waals surface area contributed by atoms with Gasteiger partial charge in [-0.05, 0) is 48.9 Å². The molecule has 1 aromatic heterocycles. The van der Waals surface area contributed by atoms with E-state index in [1.54, 1.807) is 16.4 Å². The van der Waals surface area contributed by atoms with Crippen molar-refractivity contribution in [2.45, 2.75) is 18.4 Å². The Kier molecular flexibility index (Phi) is 4.85. The van der Waals surface area contributed by atoms with E-state index < -0.39 is 0 Å². The minimum atomic E-state index is -0.345. The monoisotopic (exact) mass is 383 g/mol. The molecule has 0 radical (unpaired) electrons. The number of nitrogens with zero attached hydrogens (tertiary/aromatic N) is 2. The first kappa shape index (κ1) is 17.6. The molecule has 1 N–H and O–H groups in total. The van der Waals surface area contributed by atoms with E-state index in [1.807, 2.05) is 31.2 Å². The molecule has 0 saturated heterocycles. The third-order valence-electron chi connectivity index (χ3n) is 4.24. The van der Waals surface area contributed by atoms with Crippen molar-refractivity contribution >= 4 is 23.5 Å². The highest BCUT2D eigenvalue weighted by Gasteiger charge is 2.24. The van der Waals surface area contributed by atoms with E-state index in [9.17, 15) is 9.18 Å². The van der Waals surface area contributed by atoms with Crippen molar-refractivity contribution in [2.24, 2.45) is 0 Å². The van der Waals surface area contributed by atoms with E-state index in [4.69, 9.17) is 4.74 Å². The van der Waals surface area contributed by atoms with Crippen molar-refractivity contribution in [3.63, 3.8) is 0 Å². The first-order valence-electron chi connectivity index (χ1n) is 8.54. The maximum atomic E-state index is 13.0. The van der Waals surface area contributed by atoms with Crippen LogP contribution >= 0.6 is 11.8 Å². The summed E-state index contributed by atoms with van der Waals surface area (Å²) in [5, 5.41) is 7.62. The van der Waals surface area contributed by atoms with Gasteiger partial charge in [0.25, 0.3) is 5.91 Å². The third-order valence-corrected chi connectivity index (χ3v) is 5.21. The number of hydrogen-bond acceptors (Lipinski definition) is 4. The van der Waals surface area contributed by atoms with Gasteiger partial charge >= 0.3 is 0 Å². The highest BCUT2D eigenvalue weighted by molar-refractivity contribution is 7.98. The number of nitrogens with one attached hydrogen (secondary N) is 1. The molecule has 0 aliphatic carbocycles. The van der Waals surface area contributed by atoms with Crippen molar-refractivity contribution < 1.29 is 13.9 Å². The van der Waals surface area contributed by atoms with Crippen LogP contribution in [0.5, 0.6) is 5.75 Å². The molecule has 27 heavy (non-hydrogen) atoms. The summed E-state index contributed by atoms with van der Waals surface area (Å²) < 4.78 is 20.2. The molecule has 2 aromatic carbocycles. The smallest absolute Gasteiger partial charge is 0.263 e. The number of carbonyl (C=O) groups is 1. The number of carbonyl (C=O) groups excluding carboxylic acids is 1. The zero-order valence-corrected chi connectivity index (χ0v) is 15.6. The number of aryl methyl sites for hydroxylation is 1. The van der Waals surface area contributed by atoms with Gasteiger partial charge in [-0.1, -0.05) is 12.1 Å². The molecule has 4 rings (SSSR count). The molecule has 1 amide bonds. The molecule has 0 fully saturated rings. The van der Waals surface area contributed by atoms with Gasteiger partial charge in [-0.25, -0.2) is 9.07 Å². The largest absolute Gasteiger partial charge is 0.484 e. The molecule has 0 spiro atoms. The van der Waals surface area contributed by atoms with E-state index in [1.165, 1.54) is 24.3 Å². The number of halogens is 1. The quantitative estimate of drug-likeness (QED) is 0.721. The SMILES string of the molecule is Cc1cccc(-n2nc3c(c2NC(=O)COc2ccc(F)cc2)CSC3)c1. The van der Waals surface area contributed by atoms with Gasteiger partial charge in [-0.2, -0.15) is 16.9 Å². The Morgan fingerprint density at radius 1 is 1.26 bits per heavy atom. The number of aromatic nitrogens is 2. The van der Waals surface area contributed by atoms with Gasteiger partial charge in [0, 0.05) is 17.1 Å². The molecular weight excluding hydrogens is 365 g/mol. The van der Waals surface area contributed by atoms with Crippen LogP contribution in [0.15, 0.2) is 48.5 Å². The number of ether oxygens (including phenoxy) is 1. The van der Waals surface area contributed by atoms with Gasteiger partial charge in [0.05, 0.1) is 11.4 Å². The summed E-state index contributed by atoms with van der Waals surface area (Å²) in [6.45, 7) is 1.86. The highest BCUT2D eigenvalue weighted by atomic mass is 32.2. The van der Waals surface area contributed by atoms with E-state index in [0.29, 0.717) is 11.6 Å². The molecule has 3 aromatic rings. The summed E-state index contributed by atoms with van der Waals surface area (Å²) in [5.74, 6) is 2.15. The van der Waals surface area contributed by atoms with Crippen molar-refractivity contribution in [3.8, 4) is 11.4 Å². The standard InChI is InChI=1S/C20H18FN3O2S/c1-13-3-2-4-15(9-13)24-20(17-11-27-12-18(17)23-24)22-19(25)10-26-16-7-5-14(21)6-8-16/h2-9H,10-12H2,1H3,(H,22,25). The van der Waals surface area contributed by atoms with E-state index in [0.717, 1.165) is 34.0 Å². The molecular formula is C20H18FN3O2S. The number of anilines is 1. The molecule has 2 heterocycles. The average molecular weight is 383 g/mol. The van der Waals surface area contributed by atoms with Gasteiger partial charge in [0.15, 0.2) is 6.61 Å². The summed E-state index contributed by atoms with van der Waals surface area (Å²) in [5.41, 5.74) is 4.08. The maximum absolute atomic E-state index is 13.0. The molecule has 138 valence electrons. The molecule has 1 aliphatic rings. The number of benzene rings is 2. The summed E-state index contributed by atoms with van der Waals surface area (Å²) in [4.78, 5) is 12.4. The topological polar surface area (TPSA) is 56.2 Å². The predicted molar refractivity (Wildman–Crippen MR) is 104 cm³/mol. The minimum absolute atomic E-state index is 0.160. The lowest BCUT2D eigenvalue weighted by Gasteiger charge is -2.12. The Hall–Kier alpha value is -2.80. The van der Waals surface area contributed by atoms with Crippen molar-refractivity contribution in [1.82, 2.24) is 9.78 Å². The normalized spacial score (nSPS) is 12.7. The van der Waals surface area contributed by atoms with Crippen LogP contribution in [0.3, 0.4) is 0 Å². The van der Waals surface area contributed by atoms with E-state index in [2.05, 4.69) is 10.4 Å². The first-order valence-corrected chi connectivity index (χ1v) is 9.69. The lowest BCUT2D eigenvalue weighted by Crippen LogP contribution is -2.22. The maximum Gasteiger partial charge on any atom is 0.263 e. The zero-order chi connectivity index (χ0) is 18.8. The Bertz CT molecular complexity index is 985.